The molecule has 0 bridgehead atoms. The zero-order valence-corrected chi connectivity index (χ0v) is 30.8. The number of unbranched alkanes of at least 4 members (excludes halogenated alkanes) is 17. The van der Waals surface area contributed by atoms with Crippen molar-refractivity contribution in [1.29, 1.82) is 0 Å². The smallest absolute Gasteiger partial charge is 0.306 e. The van der Waals surface area contributed by atoms with Crippen molar-refractivity contribution in [3.63, 3.8) is 0 Å². The third kappa shape index (κ3) is 10.3. The molecule has 2 nitrogen and oxygen atoms in total. The highest BCUT2D eigenvalue weighted by Gasteiger charge is 2.58. The maximum atomic E-state index is 12.8. The van der Waals surface area contributed by atoms with E-state index < -0.39 is 0 Å². The van der Waals surface area contributed by atoms with Crippen LogP contribution in [0.2, 0.25) is 0 Å². The average molecular weight is 625 g/mol. The number of rotatable bonds is 22. The third-order valence-electron chi connectivity index (χ3n) is 13.9. The van der Waals surface area contributed by atoms with Gasteiger partial charge in [-0.3, -0.25) is 4.79 Å². The van der Waals surface area contributed by atoms with E-state index >= 15 is 0 Å². The normalized spacial score (nSPS) is 32.4. The maximum absolute atomic E-state index is 12.8. The molecule has 4 rings (SSSR count). The summed E-state index contributed by atoms with van der Waals surface area (Å²) in [5.41, 5.74) is 2.59. The highest BCUT2D eigenvalue weighted by Crippen LogP contribution is 2.66. The molecule has 0 aromatic heterocycles. The molecule has 7 atom stereocenters. The highest BCUT2D eigenvalue weighted by atomic mass is 16.5. The van der Waals surface area contributed by atoms with Crippen molar-refractivity contribution in [2.75, 3.05) is 0 Å². The summed E-state index contributed by atoms with van der Waals surface area (Å²) in [6.45, 7) is 9.92. The lowest BCUT2D eigenvalue weighted by molar-refractivity contribution is -0.151. The molecule has 3 fully saturated rings. The Hall–Kier alpha value is -0.790. The highest BCUT2D eigenvalue weighted by molar-refractivity contribution is 5.69. The van der Waals surface area contributed by atoms with E-state index in [0.29, 0.717) is 17.3 Å². The van der Waals surface area contributed by atoms with Gasteiger partial charge in [-0.25, -0.2) is 0 Å². The third-order valence-corrected chi connectivity index (χ3v) is 13.9. The Labute approximate surface area is 281 Å². The Morgan fingerprint density at radius 1 is 0.689 bits per heavy atom. The van der Waals surface area contributed by atoms with E-state index in [1.54, 1.807) is 5.57 Å². The molecule has 2 heteroatoms. The molecule has 0 saturated heterocycles. The van der Waals surface area contributed by atoms with Gasteiger partial charge in [0.1, 0.15) is 6.10 Å². The van der Waals surface area contributed by atoms with Crippen LogP contribution in [0.4, 0.5) is 0 Å². The minimum atomic E-state index is 0.0664. The van der Waals surface area contributed by atoms with E-state index in [4.69, 9.17) is 4.74 Å². The van der Waals surface area contributed by atoms with E-state index in [1.807, 2.05) is 0 Å². The topological polar surface area (TPSA) is 26.3 Å². The summed E-state index contributed by atoms with van der Waals surface area (Å²) in [5.74, 6) is 3.72. The molecule has 0 radical (unpaired) electrons. The first-order valence-electron chi connectivity index (χ1n) is 20.8. The second-order valence-corrected chi connectivity index (χ2v) is 17.0. The van der Waals surface area contributed by atoms with Gasteiger partial charge in [0.05, 0.1) is 0 Å². The van der Waals surface area contributed by atoms with E-state index in [-0.39, 0.29) is 12.1 Å². The molecule has 4 aliphatic carbocycles. The Morgan fingerprint density at radius 3 is 1.89 bits per heavy atom. The number of ether oxygens (including phenoxy) is 1. The number of fused-ring (bicyclic) bond motifs is 5. The standard InChI is InChI=1S/C43H76O2/c1-5-7-9-11-13-14-15-16-17-18-19-21-23-25-41(44)45-37-30-32-43(4)36(34-37)26-28-38-39-29-27-35(24-22-20-12-10-8-6-2)42(39,3)33-31-40(38)43/h26,35,37-40H,5-25,27-34H2,1-4H3/t35-,37+,38+,39-,40+,42-,43+/m1/s1. The largest absolute Gasteiger partial charge is 0.462 e. The lowest BCUT2D eigenvalue weighted by Gasteiger charge is -2.58. The minimum Gasteiger partial charge on any atom is -0.462 e. The molecule has 0 heterocycles. The van der Waals surface area contributed by atoms with Crippen molar-refractivity contribution >= 4 is 5.97 Å². The van der Waals surface area contributed by atoms with Crippen LogP contribution >= 0.6 is 0 Å². The minimum absolute atomic E-state index is 0.0664. The molecule has 260 valence electrons. The van der Waals surface area contributed by atoms with Crippen LogP contribution in [-0.2, 0) is 9.53 Å². The SMILES string of the molecule is CCCCCCCCCCCCCCCC(=O)O[C@H]1CC[C@@]2(C)C(=CC[C@H]3[C@H]4CC[C@@H](CCCCCCCC)[C@@]4(C)CC[C@@H]32)C1. The van der Waals surface area contributed by atoms with E-state index in [0.717, 1.165) is 42.9 Å². The van der Waals surface area contributed by atoms with E-state index in [1.165, 1.54) is 161 Å². The second-order valence-electron chi connectivity index (χ2n) is 17.0. The quantitative estimate of drug-likeness (QED) is 0.0680. The Bertz CT molecular complexity index is 875. The summed E-state index contributed by atoms with van der Waals surface area (Å²) in [6, 6.07) is 0. The summed E-state index contributed by atoms with van der Waals surface area (Å²) < 4.78 is 6.12. The lowest BCUT2D eigenvalue weighted by Crippen LogP contribution is -2.50. The van der Waals surface area contributed by atoms with Gasteiger partial charge in [0.15, 0.2) is 0 Å². The number of carbonyl (C=O) groups excluding carboxylic acids is 1. The molecule has 4 aliphatic rings. The number of hydrogen-bond donors (Lipinski definition) is 0. The van der Waals surface area contributed by atoms with Crippen LogP contribution in [-0.4, -0.2) is 12.1 Å². The molecule has 0 aromatic carbocycles. The summed E-state index contributed by atoms with van der Waals surface area (Å²) in [5, 5.41) is 0. The first-order valence-corrected chi connectivity index (χ1v) is 20.8. The van der Waals surface area contributed by atoms with Crippen molar-refractivity contribution in [1.82, 2.24) is 0 Å². The van der Waals surface area contributed by atoms with Crippen molar-refractivity contribution in [3.05, 3.63) is 11.6 Å². The van der Waals surface area contributed by atoms with E-state index in [2.05, 4.69) is 33.8 Å². The molecular formula is C43H76O2. The van der Waals surface area contributed by atoms with Crippen molar-refractivity contribution in [3.8, 4) is 0 Å². The fourth-order valence-corrected chi connectivity index (χ4v) is 11.0. The Balaban J connectivity index is 1.12. The van der Waals surface area contributed by atoms with Crippen LogP contribution in [0.1, 0.15) is 214 Å². The molecule has 0 aromatic rings. The van der Waals surface area contributed by atoms with Gasteiger partial charge >= 0.3 is 5.97 Å². The summed E-state index contributed by atoms with van der Waals surface area (Å²) in [6.07, 6.45) is 41.4. The first kappa shape index (κ1) is 37.0. The summed E-state index contributed by atoms with van der Waals surface area (Å²) >= 11 is 0. The zero-order chi connectivity index (χ0) is 32.0. The number of esters is 1. The molecule has 0 N–H and O–H groups in total. The van der Waals surface area contributed by atoms with Crippen LogP contribution in [0, 0.1) is 34.5 Å². The van der Waals surface area contributed by atoms with Crippen LogP contribution in [0.5, 0.6) is 0 Å². The monoisotopic (exact) mass is 625 g/mol. The summed E-state index contributed by atoms with van der Waals surface area (Å²) in [7, 11) is 0. The van der Waals surface area contributed by atoms with Crippen molar-refractivity contribution in [2.24, 2.45) is 34.5 Å². The zero-order valence-electron chi connectivity index (χ0n) is 30.8. The van der Waals surface area contributed by atoms with Gasteiger partial charge in [0.2, 0.25) is 0 Å². The van der Waals surface area contributed by atoms with Crippen molar-refractivity contribution < 1.29 is 9.53 Å². The molecule has 0 spiro atoms. The predicted molar refractivity (Wildman–Crippen MR) is 193 cm³/mol. The lowest BCUT2D eigenvalue weighted by atomic mass is 9.47. The van der Waals surface area contributed by atoms with Crippen LogP contribution in [0.15, 0.2) is 11.6 Å². The average Bonchev–Trinajstić information content (AvgIpc) is 3.37. The first-order chi connectivity index (χ1) is 21.9. The fourth-order valence-electron chi connectivity index (χ4n) is 11.0. The number of allylic oxidation sites excluding steroid dienone is 1. The Morgan fingerprint density at radius 2 is 1.27 bits per heavy atom. The van der Waals surface area contributed by atoms with Gasteiger partial charge in [0.25, 0.3) is 0 Å². The van der Waals surface area contributed by atoms with Crippen molar-refractivity contribution in [2.45, 2.75) is 220 Å². The van der Waals surface area contributed by atoms with Crippen LogP contribution in [0.3, 0.4) is 0 Å². The Kier molecular flexibility index (Phi) is 15.9. The predicted octanol–water partition coefficient (Wildman–Crippen LogP) is 13.7. The molecule has 45 heavy (non-hydrogen) atoms. The molecular weight excluding hydrogens is 548 g/mol. The second kappa shape index (κ2) is 19.3. The van der Waals surface area contributed by atoms with E-state index in [9.17, 15) is 4.79 Å². The van der Waals surface area contributed by atoms with Gasteiger partial charge in [-0.2, -0.15) is 0 Å². The fraction of sp³-hybridized carbons (Fsp3) is 0.930. The van der Waals surface area contributed by atoms with Gasteiger partial charge in [0, 0.05) is 12.8 Å². The molecule has 0 amide bonds. The molecule has 3 saturated carbocycles. The summed E-state index contributed by atoms with van der Waals surface area (Å²) in [4.78, 5) is 12.8. The van der Waals surface area contributed by atoms with Gasteiger partial charge in [-0.1, -0.05) is 155 Å². The number of hydrogen-bond acceptors (Lipinski definition) is 2. The van der Waals surface area contributed by atoms with Crippen LogP contribution < -0.4 is 0 Å². The van der Waals surface area contributed by atoms with Gasteiger partial charge in [-0.15, -0.1) is 0 Å². The van der Waals surface area contributed by atoms with Gasteiger partial charge in [-0.05, 0) is 92.3 Å². The molecule has 0 unspecified atom stereocenters. The maximum Gasteiger partial charge on any atom is 0.306 e. The van der Waals surface area contributed by atoms with Gasteiger partial charge < -0.3 is 4.74 Å². The number of carbonyl (C=O) groups is 1. The van der Waals surface area contributed by atoms with Crippen LogP contribution in [0.25, 0.3) is 0 Å². The molecule has 0 aliphatic heterocycles.